The van der Waals surface area contributed by atoms with Crippen LogP contribution in [0.2, 0.25) is 0 Å². The number of aromatic nitrogens is 6. The molecule has 0 amide bonds. The number of nitrogens with zero attached hydrogens (tertiary/aromatic N) is 5. The van der Waals surface area contributed by atoms with Gasteiger partial charge in [-0.25, -0.2) is 0 Å². The molecule has 0 aliphatic carbocycles. The van der Waals surface area contributed by atoms with Gasteiger partial charge in [0.2, 0.25) is 0 Å². The van der Waals surface area contributed by atoms with Gasteiger partial charge in [0.05, 0.1) is 5.69 Å². The van der Waals surface area contributed by atoms with Gasteiger partial charge in [0.25, 0.3) is 0 Å². The molecule has 0 saturated heterocycles. The summed E-state index contributed by atoms with van der Waals surface area (Å²) in [6.45, 7) is 0. The van der Waals surface area contributed by atoms with Gasteiger partial charge >= 0.3 is 0 Å². The Bertz CT molecular complexity index is 772. The molecule has 0 aliphatic rings. The van der Waals surface area contributed by atoms with Crippen molar-refractivity contribution in [3.05, 3.63) is 42.7 Å². The van der Waals surface area contributed by atoms with E-state index < -0.39 is 0 Å². The summed E-state index contributed by atoms with van der Waals surface area (Å²) in [7, 11) is 0. The molecule has 18 heavy (non-hydrogen) atoms. The number of fused-ring (bicyclic) bond motifs is 2. The third kappa shape index (κ3) is 1.17. The highest BCUT2D eigenvalue weighted by Gasteiger charge is 2.10. The molecule has 0 spiro atoms. The first-order valence-electron chi connectivity index (χ1n) is 5.52. The highest BCUT2D eigenvalue weighted by molar-refractivity contribution is 5.90. The van der Waals surface area contributed by atoms with Crippen LogP contribution in [-0.4, -0.2) is 30.0 Å². The van der Waals surface area contributed by atoms with E-state index in [0.717, 1.165) is 27.9 Å². The fourth-order valence-electron chi connectivity index (χ4n) is 2.14. The number of benzene rings is 1. The van der Waals surface area contributed by atoms with E-state index in [1.165, 1.54) is 0 Å². The number of rotatable bonds is 1. The Morgan fingerprint density at radius 2 is 1.94 bits per heavy atom. The van der Waals surface area contributed by atoms with Crippen molar-refractivity contribution in [2.24, 2.45) is 0 Å². The summed E-state index contributed by atoms with van der Waals surface area (Å²) >= 11 is 0. The Labute approximate surface area is 101 Å². The molecule has 3 aromatic heterocycles. The summed E-state index contributed by atoms with van der Waals surface area (Å²) < 4.78 is 1.93. The van der Waals surface area contributed by atoms with E-state index in [4.69, 9.17) is 0 Å². The minimum Gasteiger partial charge on any atom is -0.281 e. The second-order valence-corrected chi connectivity index (χ2v) is 3.97. The van der Waals surface area contributed by atoms with Gasteiger partial charge in [0, 0.05) is 5.56 Å². The highest BCUT2D eigenvalue weighted by atomic mass is 15.3. The lowest BCUT2D eigenvalue weighted by Gasteiger charge is -2.04. The molecule has 6 heteroatoms. The highest BCUT2D eigenvalue weighted by Crippen LogP contribution is 2.26. The molecule has 3 heterocycles. The number of hydrogen-bond acceptors (Lipinski definition) is 4. The third-order valence-electron chi connectivity index (χ3n) is 2.96. The van der Waals surface area contributed by atoms with E-state index in [2.05, 4.69) is 25.6 Å². The number of nitrogens with one attached hydrogen (secondary N) is 1. The lowest BCUT2D eigenvalue weighted by molar-refractivity contribution is 0.959. The molecule has 0 bridgehead atoms. The summed E-state index contributed by atoms with van der Waals surface area (Å²) in [6.07, 6.45) is 1.70. The number of aromatic amines is 1. The fourth-order valence-corrected chi connectivity index (χ4v) is 2.14. The van der Waals surface area contributed by atoms with E-state index in [9.17, 15) is 0 Å². The van der Waals surface area contributed by atoms with E-state index >= 15 is 0 Å². The van der Waals surface area contributed by atoms with Gasteiger partial charge in [-0.2, -0.15) is 15.4 Å². The van der Waals surface area contributed by atoms with Crippen LogP contribution >= 0.6 is 0 Å². The van der Waals surface area contributed by atoms with Crippen molar-refractivity contribution in [1.82, 2.24) is 30.0 Å². The molecule has 0 aliphatic heterocycles. The summed E-state index contributed by atoms with van der Waals surface area (Å²) in [6, 6.07) is 11.8. The molecule has 1 aromatic carbocycles. The quantitative estimate of drug-likeness (QED) is 0.545. The Morgan fingerprint density at radius 1 is 1.00 bits per heavy atom. The van der Waals surface area contributed by atoms with Gasteiger partial charge in [-0.15, -0.1) is 10.2 Å². The average molecular weight is 236 g/mol. The monoisotopic (exact) mass is 236 g/mol. The topological polar surface area (TPSA) is 71.8 Å². The average Bonchev–Trinajstić information content (AvgIpc) is 3.06. The Hall–Kier alpha value is -2.76. The van der Waals surface area contributed by atoms with Crippen molar-refractivity contribution < 1.29 is 0 Å². The summed E-state index contributed by atoms with van der Waals surface area (Å²) in [5.41, 5.74) is 4.51. The van der Waals surface area contributed by atoms with Crippen molar-refractivity contribution in [2.75, 3.05) is 0 Å². The minimum absolute atomic E-state index is 0.813. The first-order chi connectivity index (χ1) is 8.93. The van der Waals surface area contributed by atoms with Gasteiger partial charge in [-0.3, -0.25) is 4.40 Å². The van der Waals surface area contributed by atoms with Gasteiger partial charge in [-0.05, 0) is 18.2 Å². The van der Waals surface area contributed by atoms with E-state index in [-0.39, 0.29) is 0 Å². The Balaban J connectivity index is 2.13. The number of H-pyrrole nitrogens is 1. The number of para-hydroxylation sites is 1. The largest absolute Gasteiger partial charge is 0.281 e. The zero-order valence-electron chi connectivity index (χ0n) is 9.28. The summed E-state index contributed by atoms with van der Waals surface area (Å²) in [5.74, 6) is 0. The van der Waals surface area contributed by atoms with Crippen LogP contribution in [-0.2, 0) is 0 Å². The van der Waals surface area contributed by atoms with Crippen molar-refractivity contribution in [2.45, 2.75) is 0 Å². The maximum atomic E-state index is 4.20. The molecule has 0 fully saturated rings. The molecule has 1 N–H and O–H groups in total. The lowest BCUT2D eigenvalue weighted by Crippen LogP contribution is -1.91. The molecule has 0 unspecified atom stereocenters. The van der Waals surface area contributed by atoms with Crippen molar-refractivity contribution in [3.8, 4) is 11.3 Å². The normalized spacial score (nSPS) is 11.3. The van der Waals surface area contributed by atoms with Crippen LogP contribution in [0.15, 0.2) is 42.7 Å². The van der Waals surface area contributed by atoms with Crippen LogP contribution in [0.3, 0.4) is 0 Å². The lowest BCUT2D eigenvalue weighted by atomic mass is 10.1. The smallest absolute Gasteiger partial charge is 0.161 e. The first-order valence-corrected chi connectivity index (χ1v) is 5.52. The third-order valence-corrected chi connectivity index (χ3v) is 2.96. The van der Waals surface area contributed by atoms with Crippen molar-refractivity contribution in [1.29, 1.82) is 0 Å². The molecule has 86 valence electrons. The van der Waals surface area contributed by atoms with Crippen LogP contribution in [0.25, 0.3) is 27.9 Å². The summed E-state index contributed by atoms with van der Waals surface area (Å²) in [4.78, 5) is 0. The SMILES string of the molecule is c1cc(-c2cccc3nncn23)c2n[nH]nc2c1. The zero-order chi connectivity index (χ0) is 11.9. The van der Waals surface area contributed by atoms with Crippen LogP contribution in [0.4, 0.5) is 0 Å². The van der Waals surface area contributed by atoms with Crippen LogP contribution in [0.1, 0.15) is 0 Å². The zero-order valence-corrected chi connectivity index (χ0v) is 9.28. The van der Waals surface area contributed by atoms with Crippen molar-refractivity contribution >= 4 is 16.7 Å². The maximum absolute atomic E-state index is 4.20. The molecular weight excluding hydrogens is 228 g/mol. The van der Waals surface area contributed by atoms with E-state index in [1.807, 2.05) is 40.8 Å². The van der Waals surface area contributed by atoms with Crippen LogP contribution in [0.5, 0.6) is 0 Å². The fraction of sp³-hybridized carbons (Fsp3) is 0. The number of pyridine rings is 1. The van der Waals surface area contributed by atoms with Gasteiger partial charge in [0.15, 0.2) is 5.65 Å². The summed E-state index contributed by atoms with van der Waals surface area (Å²) in [5, 5.41) is 18.9. The predicted octanol–water partition coefficient (Wildman–Crippen LogP) is 1.67. The maximum Gasteiger partial charge on any atom is 0.161 e. The molecule has 6 nitrogen and oxygen atoms in total. The Morgan fingerprint density at radius 3 is 2.94 bits per heavy atom. The number of hydrogen-bond donors (Lipinski definition) is 1. The molecule has 0 saturated carbocycles. The minimum atomic E-state index is 0.813. The van der Waals surface area contributed by atoms with Gasteiger partial charge in [-0.1, -0.05) is 18.2 Å². The van der Waals surface area contributed by atoms with Gasteiger partial charge in [0.1, 0.15) is 17.4 Å². The van der Waals surface area contributed by atoms with Crippen molar-refractivity contribution in [3.63, 3.8) is 0 Å². The predicted molar refractivity (Wildman–Crippen MR) is 65.9 cm³/mol. The van der Waals surface area contributed by atoms with Gasteiger partial charge < -0.3 is 0 Å². The second-order valence-electron chi connectivity index (χ2n) is 3.97. The molecule has 4 rings (SSSR count). The Kier molecular flexibility index (Phi) is 1.74. The molecular formula is C12H8N6. The first kappa shape index (κ1) is 9.29. The van der Waals surface area contributed by atoms with E-state index in [0.29, 0.717) is 0 Å². The molecule has 0 radical (unpaired) electrons. The second kappa shape index (κ2) is 3.36. The molecule has 0 atom stereocenters. The molecule has 4 aromatic rings. The van der Waals surface area contributed by atoms with E-state index in [1.54, 1.807) is 6.33 Å². The standard InChI is InChI=1S/C12H8N6/c1-3-8(12-9(4-1)14-17-16-12)10-5-2-6-11-15-13-7-18(10)11/h1-7H,(H,14,16,17). The van der Waals surface area contributed by atoms with Crippen LogP contribution in [0, 0.1) is 0 Å². The van der Waals surface area contributed by atoms with Crippen LogP contribution < -0.4 is 0 Å².